The van der Waals surface area contributed by atoms with Crippen molar-refractivity contribution in [2.75, 3.05) is 4.72 Å². The van der Waals surface area contributed by atoms with Gasteiger partial charge in [-0.3, -0.25) is 9.40 Å². The lowest BCUT2D eigenvalue weighted by Crippen LogP contribution is -2.16. The van der Waals surface area contributed by atoms with Crippen LogP contribution in [0, 0.1) is 20.8 Å². The van der Waals surface area contributed by atoms with Crippen LogP contribution in [-0.4, -0.2) is 28.0 Å². The summed E-state index contributed by atoms with van der Waals surface area (Å²) in [6.45, 7) is 5.99. The van der Waals surface area contributed by atoms with Crippen molar-refractivity contribution in [1.29, 1.82) is 0 Å². The zero-order valence-electron chi connectivity index (χ0n) is 17.4. The molecule has 2 aromatic carbocycles. The van der Waals surface area contributed by atoms with E-state index >= 15 is 0 Å². The maximum atomic E-state index is 13.2. The molecule has 2 heterocycles. The van der Waals surface area contributed by atoms with E-state index in [9.17, 15) is 8.42 Å². The summed E-state index contributed by atoms with van der Waals surface area (Å²) < 4.78 is 32.9. The molecule has 31 heavy (non-hydrogen) atoms. The third-order valence-electron chi connectivity index (χ3n) is 4.91. The van der Waals surface area contributed by atoms with Gasteiger partial charge in [0.15, 0.2) is 5.82 Å². The summed E-state index contributed by atoms with van der Waals surface area (Å²) >= 11 is 3.42. The van der Waals surface area contributed by atoms with E-state index in [1.807, 2.05) is 61.5 Å². The molecular weight excluding hydrogens is 478 g/mol. The predicted molar refractivity (Wildman–Crippen MR) is 124 cm³/mol. The van der Waals surface area contributed by atoms with Crippen molar-refractivity contribution in [2.24, 2.45) is 0 Å². The molecule has 0 aliphatic heterocycles. The summed E-state index contributed by atoms with van der Waals surface area (Å²) in [6.07, 6.45) is 1.75. The number of rotatable bonds is 6. The van der Waals surface area contributed by atoms with Gasteiger partial charge in [-0.2, -0.15) is 10.2 Å². The molecule has 0 bridgehead atoms. The molecule has 0 aliphatic rings. The molecule has 2 aromatic heterocycles. The van der Waals surface area contributed by atoms with Gasteiger partial charge in [0, 0.05) is 6.20 Å². The van der Waals surface area contributed by atoms with E-state index in [4.69, 9.17) is 0 Å². The van der Waals surface area contributed by atoms with E-state index in [1.54, 1.807) is 29.4 Å². The van der Waals surface area contributed by atoms with Crippen molar-refractivity contribution < 1.29 is 8.42 Å². The average molecular weight is 500 g/mol. The number of anilines is 1. The number of hydrogen-bond donors (Lipinski definition) is 1. The molecule has 0 unspecified atom stereocenters. The number of halogens is 1. The molecule has 0 atom stereocenters. The van der Waals surface area contributed by atoms with E-state index in [1.165, 1.54) is 5.56 Å². The minimum atomic E-state index is -3.89. The first-order chi connectivity index (χ1) is 14.7. The van der Waals surface area contributed by atoms with Crippen LogP contribution in [-0.2, 0) is 16.6 Å². The number of benzene rings is 2. The monoisotopic (exact) mass is 499 g/mol. The van der Waals surface area contributed by atoms with E-state index in [-0.39, 0.29) is 10.7 Å². The molecule has 0 saturated carbocycles. The van der Waals surface area contributed by atoms with Gasteiger partial charge >= 0.3 is 0 Å². The molecule has 0 spiro atoms. The van der Waals surface area contributed by atoms with Gasteiger partial charge in [-0.15, -0.1) is 0 Å². The zero-order chi connectivity index (χ0) is 22.2. The van der Waals surface area contributed by atoms with Crippen LogP contribution in [0.5, 0.6) is 0 Å². The second-order valence-corrected chi connectivity index (χ2v) is 9.84. The Kier molecular flexibility index (Phi) is 5.72. The SMILES string of the molecule is Cc1ccc(Cn2cc(Br)c(NS(=O)(=O)c3c(C)nn(-c4ccccc4)c3C)n2)cc1. The highest BCUT2D eigenvalue weighted by Crippen LogP contribution is 2.27. The molecule has 1 N–H and O–H groups in total. The third-order valence-corrected chi connectivity index (χ3v) is 7.08. The van der Waals surface area contributed by atoms with Gasteiger partial charge in [0.25, 0.3) is 10.0 Å². The molecule has 0 saturated heterocycles. The van der Waals surface area contributed by atoms with Crippen molar-refractivity contribution in [1.82, 2.24) is 19.6 Å². The fraction of sp³-hybridized carbons (Fsp3) is 0.182. The summed E-state index contributed by atoms with van der Waals surface area (Å²) in [5.41, 5.74) is 4.01. The predicted octanol–water partition coefficient (Wildman–Crippen LogP) is 4.61. The Morgan fingerprint density at radius 3 is 2.32 bits per heavy atom. The van der Waals surface area contributed by atoms with E-state index < -0.39 is 10.0 Å². The Labute approximate surface area is 189 Å². The largest absolute Gasteiger partial charge is 0.266 e. The molecule has 9 heteroatoms. The molecule has 0 radical (unpaired) electrons. The molecular formula is C22H22BrN5O2S. The van der Waals surface area contributed by atoms with Crippen molar-refractivity contribution in [3.63, 3.8) is 0 Å². The summed E-state index contributed by atoms with van der Waals surface area (Å²) in [4.78, 5) is 0.149. The zero-order valence-corrected chi connectivity index (χ0v) is 19.8. The van der Waals surface area contributed by atoms with E-state index in [0.717, 1.165) is 11.3 Å². The number of para-hydroxylation sites is 1. The lowest BCUT2D eigenvalue weighted by molar-refractivity contribution is 0.599. The highest BCUT2D eigenvalue weighted by molar-refractivity contribution is 9.10. The number of nitrogens with zero attached hydrogens (tertiary/aromatic N) is 4. The first-order valence-electron chi connectivity index (χ1n) is 9.67. The van der Waals surface area contributed by atoms with Crippen LogP contribution in [0.15, 0.2) is 70.2 Å². The number of aromatic nitrogens is 4. The lowest BCUT2D eigenvalue weighted by Gasteiger charge is -2.08. The summed E-state index contributed by atoms with van der Waals surface area (Å²) in [5, 5.41) is 8.85. The Hall–Kier alpha value is -2.91. The number of aryl methyl sites for hydroxylation is 2. The standard InChI is InChI=1S/C22H22BrN5O2S/c1-15-9-11-18(12-10-15)13-27-14-20(23)22(25-27)26-31(29,30)21-16(2)24-28(17(21)3)19-7-5-4-6-8-19/h4-12,14H,13H2,1-3H3,(H,25,26). The van der Waals surface area contributed by atoms with Gasteiger partial charge in [-0.25, -0.2) is 13.1 Å². The molecule has 4 rings (SSSR count). The van der Waals surface area contributed by atoms with Gasteiger partial charge in [0.1, 0.15) is 4.90 Å². The van der Waals surface area contributed by atoms with Crippen LogP contribution in [0.25, 0.3) is 5.69 Å². The number of hydrogen-bond acceptors (Lipinski definition) is 4. The minimum Gasteiger partial charge on any atom is -0.265 e. The van der Waals surface area contributed by atoms with Crippen LogP contribution in [0.4, 0.5) is 5.82 Å². The Balaban J connectivity index is 1.62. The minimum absolute atomic E-state index is 0.149. The van der Waals surface area contributed by atoms with Crippen molar-refractivity contribution >= 4 is 31.8 Å². The Morgan fingerprint density at radius 2 is 1.65 bits per heavy atom. The maximum Gasteiger partial charge on any atom is 0.266 e. The fourth-order valence-corrected chi connectivity index (χ4v) is 5.40. The highest BCUT2D eigenvalue weighted by atomic mass is 79.9. The second-order valence-electron chi connectivity index (χ2n) is 7.36. The molecule has 0 aliphatic carbocycles. The normalized spacial score (nSPS) is 11.6. The quantitative estimate of drug-likeness (QED) is 0.420. The maximum absolute atomic E-state index is 13.2. The summed E-state index contributed by atoms with van der Waals surface area (Å²) in [5.74, 6) is 0.235. The second kappa shape index (κ2) is 8.32. The topological polar surface area (TPSA) is 81.8 Å². The fourth-order valence-electron chi connectivity index (χ4n) is 3.44. The van der Waals surface area contributed by atoms with Crippen LogP contribution < -0.4 is 4.72 Å². The van der Waals surface area contributed by atoms with Crippen LogP contribution >= 0.6 is 15.9 Å². The van der Waals surface area contributed by atoms with Gasteiger partial charge < -0.3 is 0 Å². The number of sulfonamides is 1. The highest BCUT2D eigenvalue weighted by Gasteiger charge is 2.27. The Morgan fingerprint density at radius 1 is 0.968 bits per heavy atom. The summed E-state index contributed by atoms with van der Waals surface area (Å²) in [6, 6.07) is 17.6. The van der Waals surface area contributed by atoms with Crippen LogP contribution in [0.2, 0.25) is 0 Å². The van der Waals surface area contributed by atoms with E-state index in [0.29, 0.717) is 22.4 Å². The van der Waals surface area contributed by atoms with Crippen LogP contribution in [0.3, 0.4) is 0 Å². The van der Waals surface area contributed by atoms with Gasteiger partial charge in [-0.1, -0.05) is 48.0 Å². The van der Waals surface area contributed by atoms with Crippen molar-refractivity contribution in [3.05, 3.63) is 87.8 Å². The molecule has 160 valence electrons. The van der Waals surface area contributed by atoms with Gasteiger partial charge in [-0.05, 0) is 54.4 Å². The molecule has 4 aromatic rings. The average Bonchev–Trinajstić information content (AvgIpc) is 3.22. The smallest absolute Gasteiger partial charge is 0.265 e. The molecule has 0 amide bonds. The lowest BCUT2D eigenvalue weighted by atomic mass is 10.1. The molecule has 0 fully saturated rings. The van der Waals surface area contributed by atoms with Gasteiger partial charge in [0.2, 0.25) is 0 Å². The van der Waals surface area contributed by atoms with E-state index in [2.05, 4.69) is 30.8 Å². The van der Waals surface area contributed by atoms with Gasteiger partial charge in [0.05, 0.1) is 28.1 Å². The van der Waals surface area contributed by atoms with Crippen LogP contribution in [0.1, 0.15) is 22.5 Å². The molecule has 7 nitrogen and oxygen atoms in total. The third kappa shape index (κ3) is 4.42. The van der Waals surface area contributed by atoms with Crippen molar-refractivity contribution in [3.8, 4) is 5.69 Å². The first kappa shape index (κ1) is 21.3. The van der Waals surface area contributed by atoms with Crippen molar-refractivity contribution in [2.45, 2.75) is 32.2 Å². The number of nitrogens with one attached hydrogen (secondary N) is 1. The first-order valence-corrected chi connectivity index (χ1v) is 11.9. The summed E-state index contributed by atoms with van der Waals surface area (Å²) in [7, 11) is -3.89. The Bertz CT molecular complexity index is 1330.